The van der Waals surface area contributed by atoms with Crippen molar-refractivity contribution in [3.8, 4) is 0 Å². The minimum atomic E-state index is 0.142. The van der Waals surface area contributed by atoms with Crippen molar-refractivity contribution in [2.75, 3.05) is 11.4 Å². The zero-order chi connectivity index (χ0) is 12.5. The Morgan fingerprint density at radius 1 is 1.33 bits per heavy atom. The van der Waals surface area contributed by atoms with E-state index in [9.17, 15) is 4.79 Å². The van der Waals surface area contributed by atoms with Gasteiger partial charge in [-0.05, 0) is 37.1 Å². The van der Waals surface area contributed by atoms with Crippen LogP contribution in [0.2, 0.25) is 0 Å². The molecule has 2 heterocycles. The predicted octanol–water partition coefficient (Wildman–Crippen LogP) is 2.65. The summed E-state index contributed by atoms with van der Waals surface area (Å²) in [5, 5.41) is 0. The third kappa shape index (κ3) is 1.82. The molecule has 3 nitrogen and oxygen atoms in total. The number of aromatic nitrogens is 1. The van der Waals surface area contributed by atoms with E-state index in [2.05, 4.69) is 35.0 Å². The number of hydrogen-bond donors (Lipinski definition) is 1. The van der Waals surface area contributed by atoms with Crippen LogP contribution in [0.4, 0.5) is 5.69 Å². The Morgan fingerprint density at radius 3 is 2.94 bits per heavy atom. The van der Waals surface area contributed by atoms with Gasteiger partial charge in [-0.3, -0.25) is 4.79 Å². The number of hydrogen-bond acceptors (Lipinski definition) is 2. The van der Waals surface area contributed by atoms with E-state index in [1.165, 1.54) is 11.3 Å². The lowest BCUT2D eigenvalue weighted by Crippen LogP contribution is -2.34. The highest BCUT2D eigenvalue weighted by molar-refractivity contribution is 5.98. The van der Waals surface area contributed by atoms with Crippen LogP contribution < -0.4 is 4.90 Å². The van der Waals surface area contributed by atoms with Crippen LogP contribution in [0.3, 0.4) is 0 Å². The largest absolute Gasteiger partial charge is 0.360 e. The first-order valence-corrected chi connectivity index (χ1v) is 6.27. The van der Waals surface area contributed by atoms with E-state index in [-0.39, 0.29) is 5.78 Å². The van der Waals surface area contributed by atoms with Crippen molar-refractivity contribution in [1.82, 2.24) is 4.98 Å². The number of nitrogens with one attached hydrogen (secondary N) is 1. The monoisotopic (exact) mass is 240 g/mol. The molecule has 0 aliphatic carbocycles. The first-order chi connectivity index (χ1) is 8.75. The summed E-state index contributed by atoms with van der Waals surface area (Å²) < 4.78 is 0. The van der Waals surface area contributed by atoms with Crippen LogP contribution in [-0.2, 0) is 6.42 Å². The molecule has 1 atom stereocenters. The van der Waals surface area contributed by atoms with Gasteiger partial charge < -0.3 is 9.88 Å². The fourth-order valence-electron chi connectivity index (χ4n) is 2.61. The Labute approximate surface area is 106 Å². The summed E-state index contributed by atoms with van der Waals surface area (Å²) in [5.41, 5.74) is 3.22. The minimum absolute atomic E-state index is 0.142. The molecule has 3 rings (SSSR count). The number of carbonyl (C=O) groups is 1. The lowest BCUT2D eigenvalue weighted by molar-refractivity contribution is 0.0993. The van der Waals surface area contributed by atoms with Crippen molar-refractivity contribution in [2.45, 2.75) is 19.4 Å². The first-order valence-electron chi connectivity index (χ1n) is 6.27. The lowest BCUT2D eigenvalue weighted by atomic mass is 10.1. The van der Waals surface area contributed by atoms with Gasteiger partial charge in [0.05, 0.1) is 12.2 Å². The van der Waals surface area contributed by atoms with E-state index in [0.717, 1.165) is 6.42 Å². The minimum Gasteiger partial charge on any atom is -0.360 e. The number of benzene rings is 1. The molecule has 1 unspecified atom stereocenters. The number of fused-ring (bicyclic) bond motifs is 1. The maximum absolute atomic E-state index is 12.1. The molecule has 0 saturated carbocycles. The summed E-state index contributed by atoms with van der Waals surface area (Å²) in [6.45, 7) is 2.61. The van der Waals surface area contributed by atoms with Crippen LogP contribution >= 0.6 is 0 Å². The van der Waals surface area contributed by atoms with E-state index in [4.69, 9.17) is 0 Å². The van der Waals surface area contributed by atoms with Crippen LogP contribution in [-0.4, -0.2) is 23.4 Å². The zero-order valence-electron chi connectivity index (χ0n) is 10.4. The molecule has 0 spiro atoms. The van der Waals surface area contributed by atoms with E-state index in [1.54, 1.807) is 6.20 Å². The molecular weight excluding hydrogens is 224 g/mol. The second kappa shape index (κ2) is 4.33. The molecular formula is C15H16N2O. The van der Waals surface area contributed by atoms with Crippen LogP contribution in [0.15, 0.2) is 42.6 Å². The molecule has 3 heteroatoms. The second-order valence-corrected chi connectivity index (χ2v) is 4.82. The molecule has 1 aliphatic rings. The van der Waals surface area contributed by atoms with E-state index in [1.807, 2.05) is 18.2 Å². The van der Waals surface area contributed by atoms with Crippen molar-refractivity contribution in [3.05, 3.63) is 53.9 Å². The van der Waals surface area contributed by atoms with Gasteiger partial charge in [0.1, 0.15) is 0 Å². The molecule has 0 saturated heterocycles. The van der Waals surface area contributed by atoms with Gasteiger partial charge >= 0.3 is 0 Å². The topological polar surface area (TPSA) is 36.1 Å². The summed E-state index contributed by atoms with van der Waals surface area (Å²) in [5.74, 6) is 0.142. The van der Waals surface area contributed by atoms with Crippen molar-refractivity contribution < 1.29 is 4.79 Å². The van der Waals surface area contributed by atoms with Gasteiger partial charge in [0, 0.05) is 17.9 Å². The average molecular weight is 240 g/mol. The molecule has 1 aromatic carbocycles. The van der Waals surface area contributed by atoms with E-state index in [0.29, 0.717) is 18.3 Å². The molecule has 0 amide bonds. The van der Waals surface area contributed by atoms with Crippen LogP contribution in [0.5, 0.6) is 0 Å². The Morgan fingerprint density at radius 2 is 2.17 bits per heavy atom. The van der Waals surface area contributed by atoms with Gasteiger partial charge in [-0.15, -0.1) is 0 Å². The third-order valence-electron chi connectivity index (χ3n) is 3.56. The number of H-pyrrole nitrogens is 1. The molecule has 92 valence electrons. The molecule has 1 aromatic heterocycles. The molecule has 1 N–H and O–H groups in total. The summed E-state index contributed by atoms with van der Waals surface area (Å²) in [7, 11) is 0. The summed E-state index contributed by atoms with van der Waals surface area (Å²) >= 11 is 0. The fraction of sp³-hybridized carbons (Fsp3) is 0.267. The standard InChI is InChI=1S/C15H16N2O/c1-11-9-12-5-2-3-7-14(12)17(11)10-15(18)13-6-4-8-16-13/h2-8,11,16H,9-10H2,1H3. The second-order valence-electron chi connectivity index (χ2n) is 4.82. The van der Waals surface area contributed by atoms with Gasteiger partial charge in [0.2, 0.25) is 0 Å². The number of Topliss-reactive ketones (excluding diaryl/α,β-unsaturated/α-hetero) is 1. The molecule has 0 fully saturated rings. The highest BCUT2D eigenvalue weighted by atomic mass is 16.1. The predicted molar refractivity (Wildman–Crippen MR) is 72.1 cm³/mol. The van der Waals surface area contributed by atoms with Crippen molar-refractivity contribution in [2.24, 2.45) is 0 Å². The van der Waals surface area contributed by atoms with Gasteiger partial charge in [-0.2, -0.15) is 0 Å². The number of ketones is 1. The van der Waals surface area contributed by atoms with Gasteiger partial charge in [0.15, 0.2) is 5.78 Å². The number of carbonyl (C=O) groups excluding carboxylic acids is 1. The van der Waals surface area contributed by atoms with Gasteiger partial charge in [0.25, 0.3) is 0 Å². The summed E-state index contributed by atoms with van der Waals surface area (Å²) in [4.78, 5) is 17.3. The third-order valence-corrected chi connectivity index (χ3v) is 3.56. The quantitative estimate of drug-likeness (QED) is 0.837. The van der Waals surface area contributed by atoms with Crippen LogP contribution in [0, 0.1) is 0 Å². The molecule has 18 heavy (non-hydrogen) atoms. The summed E-state index contributed by atoms with van der Waals surface area (Å²) in [6.07, 6.45) is 2.81. The Bertz CT molecular complexity index is 560. The van der Waals surface area contributed by atoms with Crippen molar-refractivity contribution >= 4 is 11.5 Å². The summed E-state index contributed by atoms with van der Waals surface area (Å²) in [6, 6.07) is 12.4. The Hall–Kier alpha value is -2.03. The van der Waals surface area contributed by atoms with Crippen molar-refractivity contribution in [3.63, 3.8) is 0 Å². The van der Waals surface area contributed by atoms with Gasteiger partial charge in [-0.25, -0.2) is 0 Å². The highest BCUT2D eigenvalue weighted by Gasteiger charge is 2.27. The number of aromatic amines is 1. The van der Waals surface area contributed by atoms with Crippen LogP contribution in [0.1, 0.15) is 23.0 Å². The Balaban J connectivity index is 1.83. The number of para-hydroxylation sites is 1. The van der Waals surface area contributed by atoms with Gasteiger partial charge in [-0.1, -0.05) is 18.2 Å². The smallest absolute Gasteiger partial charge is 0.198 e. The van der Waals surface area contributed by atoms with Crippen molar-refractivity contribution in [1.29, 1.82) is 0 Å². The zero-order valence-corrected chi connectivity index (χ0v) is 10.4. The fourth-order valence-corrected chi connectivity index (χ4v) is 2.61. The normalized spacial score (nSPS) is 17.8. The molecule has 0 radical (unpaired) electrons. The SMILES string of the molecule is CC1Cc2ccccc2N1CC(=O)c1ccc[nH]1. The lowest BCUT2D eigenvalue weighted by Gasteiger charge is -2.23. The number of rotatable bonds is 3. The molecule has 2 aromatic rings. The van der Waals surface area contributed by atoms with Crippen LogP contribution in [0.25, 0.3) is 0 Å². The number of anilines is 1. The molecule has 0 bridgehead atoms. The average Bonchev–Trinajstić information content (AvgIpc) is 2.98. The Kier molecular flexibility index (Phi) is 2.67. The number of nitrogens with zero attached hydrogens (tertiary/aromatic N) is 1. The first kappa shape index (κ1) is 11.1. The van der Waals surface area contributed by atoms with E-state index >= 15 is 0 Å². The molecule has 1 aliphatic heterocycles. The highest BCUT2D eigenvalue weighted by Crippen LogP contribution is 2.31. The maximum atomic E-state index is 12.1. The maximum Gasteiger partial charge on any atom is 0.198 e. The van der Waals surface area contributed by atoms with E-state index < -0.39 is 0 Å².